The summed E-state index contributed by atoms with van der Waals surface area (Å²) in [5, 5.41) is 26.8. The Labute approximate surface area is 213 Å². The van der Waals surface area contributed by atoms with Crippen molar-refractivity contribution in [3.05, 3.63) is 82.1 Å². The fourth-order valence-corrected chi connectivity index (χ4v) is 3.72. The van der Waals surface area contributed by atoms with Crippen LogP contribution in [0, 0.1) is 0 Å². The van der Waals surface area contributed by atoms with Gasteiger partial charge in [0.1, 0.15) is 11.4 Å². The molecule has 190 valence electrons. The molecule has 2 atom stereocenters. The zero-order valence-corrected chi connectivity index (χ0v) is 20.8. The summed E-state index contributed by atoms with van der Waals surface area (Å²) in [5.41, 5.74) is 1.44. The number of aliphatic carboxylic acids is 1. The topological polar surface area (TPSA) is 134 Å². The van der Waals surface area contributed by atoms with E-state index in [2.05, 4.69) is 10.4 Å². The first-order chi connectivity index (χ1) is 17.1. The van der Waals surface area contributed by atoms with Crippen molar-refractivity contribution < 1.29 is 29.3 Å². The molecule has 1 aromatic heterocycles. The average Bonchev–Trinajstić information content (AvgIpc) is 3.28. The van der Waals surface area contributed by atoms with E-state index in [4.69, 9.17) is 16.3 Å². The van der Waals surface area contributed by atoms with Gasteiger partial charge in [0, 0.05) is 25.2 Å². The second-order valence-electron chi connectivity index (χ2n) is 8.28. The van der Waals surface area contributed by atoms with Gasteiger partial charge in [-0.3, -0.25) is 14.3 Å². The number of halogens is 1. The molecule has 3 N–H and O–H groups in total. The number of benzene rings is 2. The molecule has 0 aliphatic heterocycles. The van der Waals surface area contributed by atoms with Crippen LogP contribution in [0.2, 0.25) is 5.02 Å². The van der Waals surface area contributed by atoms with Crippen LogP contribution in [0.25, 0.3) is 0 Å². The number of carbonyl (C=O) groups excluding carboxylic acids is 2. The second kappa shape index (κ2) is 11.7. The Balaban J connectivity index is 1.90. The number of aromatic nitrogens is 2. The number of hydrogen-bond donors (Lipinski definition) is 3. The van der Waals surface area contributed by atoms with Gasteiger partial charge < -0.3 is 25.2 Å². The monoisotopic (exact) mass is 514 g/mol. The SMILES string of the molecule is COc1ccc(Cn2nc(C(=O)N[C@H](Cc3ccccc3Cl)[C@@H](O)C(=O)O)cc2C(=O)N(C)C)cc1. The lowest BCUT2D eigenvalue weighted by molar-refractivity contribution is -0.148. The van der Waals surface area contributed by atoms with Gasteiger partial charge in [0.15, 0.2) is 11.8 Å². The van der Waals surface area contributed by atoms with Crippen molar-refractivity contribution in [2.45, 2.75) is 25.1 Å². The number of nitrogens with one attached hydrogen (secondary N) is 1. The molecule has 0 saturated heterocycles. The molecular formula is C25H27ClN4O6. The molecule has 0 unspecified atom stereocenters. The minimum atomic E-state index is -1.89. The predicted molar refractivity (Wildman–Crippen MR) is 132 cm³/mol. The maximum absolute atomic E-state index is 13.1. The Bertz CT molecular complexity index is 1240. The molecule has 36 heavy (non-hydrogen) atoms. The van der Waals surface area contributed by atoms with Crippen molar-refractivity contribution in [3.63, 3.8) is 0 Å². The highest BCUT2D eigenvalue weighted by Crippen LogP contribution is 2.19. The van der Waals surface area contributed by atoms with E-state index in [9.17, 15) is 24.6 Å². The smallest absolute Gasteiger partial charge is 0.334 e. The maximum atomic E-state index is 13.1. The van der Waals surface area contributed by atoms with Crippen LogP contribution >= 0.6 is 11.6 Å². The van der Waals surface area contributed by atoms with E-state index in [0.717, 1.165) is 5.56 Å². The third-order valence-electron chi connectivity index (χ3n) is 5.48. The van der Waals surface area contributed by atoms with Gasteiger partial charge in [-0.1, -0.05) is 41.9 Å². The van der Waals surface area contributed by atoms with Crippen molar-refractivity contribution in [3.8, 4) is 5.75 Å². The number of amides is 2. The van der Waals surface area contributed by atoms with Crippen LogP contribution < -0.4 is 10.1 Å². The molecule has 3 rings (SSSR count). The number of aliphatic hydroxyl groups is 1. The van der Waals surface area contributed by atoms with Crippen molar-refractivity contribution in [1.29, 1.82) is 0 Å². The Hall–Kier alpha value is -3.89. The van der Waals surface area contributed by atoms with Gasteiger partial charge in [-0.25, -0.2) is 4.79 Å². The zero-order chi connectivity index (χ0) is 26.4. The standard InChI is InChI=1S/C25H27ClN4O6/c1-29(2)24(33)21-13-20(28-30(21)14-15-8-10-17(36-3)11-9-15)23(32)27-19(22(31)25(34)35)12-16-6-4-5-7-18(16)26/h4-11,13,19,22,31H,12,14H2,1-3H3,(H,27,32)(H,34,35)/t19-,22-/m1/s1. The average molecular weight is 515 g/mol. The van der Waals surface area contributed by atoms with Gasteiger partial charge in [-0.05, 0) is 35.7 Å². The molecule has 2 amide bonds. The van der Waals surface area contributed by atoms with Crippen molar-refractivity contribution in [2.75, 3.05) is 21.2 Å². The molecule has 0 bridgehead atoms. The number of ether oxygens (including phenoxy) is 1. The summed E-state index contributed by atoms with van der Waals surface area (Å²) >= 11 is 6.18. The Morgan fingerprint density at radius 1 is 1.14 bits per heavy atom. The lowest BCUT2D eigenvalue weighted by Gasteiger charge is -2.21. The first-order valence-electron chi connectivity index (χ1n) is 11.0. The molecule has 11 heteroatoms. The maximum Gasteiger partial charge on any atom is 0.334 e. The fourth-order valence-electron chi connectivity index (χ4n) is 3.51. The lowest BCUT2D eigenvalue weighted by atomic mass is 10.0. The van der Waals surface area contributed by atoms with Crippen LogP contribution in [0.15, 0.2) is 54.6 Å². The van der Waals surface area contributed by atoms with E-state index >= 15 is 0 Å². The van der Waals surface area contributed by atoms with Crippen molar-refractivity contribution in [2.24, 2.45) is 0 Å². The third kappa shape index (κ3) is 6.41. The van der Waals surface area contributed by atoms with Crippen LogP contribution in [-0.2, 0) is 17.8 Å². The number of methoxy groups -OCH3 is 1. The number of carboxylic acids is 1. The molecular weight excluding hydrogens is 488 g/mol. The Morgan fingerprint density at radius 2 is 1.81 bits per heavy atom. The molecule has 0 aliphatic carbocycles. The van der Waals surface area contributed by atoms with E-state index in [1.54, 1.807) is 57.6 Å². The first-order valence-corrected chi connectivity index (χ1v) is 11.4. The second-order valence-corrected chi connectivity index (χ2v) is 8.69. The van der Waals surface area contributed by atoms with E-state index in [1.807, 2.05) is 12.1 Å². The molecule has 3 aromatic rings. The van der Waals surface area contributed by atoms with Gasteiger partial charge in [0.25, 0.3) is 11.8 Å². The zero-order valence-electron chi connectivity index (χ0n) is 20.0. The summed E-state index contributed by atoms with van der Waals surface area (Å²) in [6.07, 6.45) is -1.93. The minimum absolute atomic E-state index is 0.0328. The number of rotatable bonds is 10. The van der Waals surface area contributed by atoms with Crippen molar-refractivity contribution >= 4 is 29.4 Å². The number of carboxylic acid groups (broad SMARTS) is 1. The van der Waals surface area contributed by atoms with Gasteiger partial charge in [0.05, 0.1) is 19.7 Å². The highest BCUT2D eigenvalue weighted by atomic mass is 35.5. The summed E-state index contributed by atoms with van der Waals surface area (Å²) in [4.78, 5) is 38.7. The summed E-state index contributed by atoms with van der Waals surface area (Å²) in [6.45, 7) is 0.201. The van der Waals surface area contributed by atoms with Gasteiger partial charge >= 0.3 is 5.97 Å². The fraction of sp³-hybridized carbons (Fsp3) is 0.280. The molecule has 0 aliphatic rings. The predicted octanol–water partition coefficient (Wildman–Crippen LogP) is 2.08. The molecule has 10 nitrogen and oxygen atoms in total. The van der Waals surface area contributed by atoms with Gasteiger partial charge in [-0.2, -0.15) is 5.10 Å². The third-order valence-corrected chi connectivity index (χ3v) is 5.85. The number of aliphatic hydroxyl groups excluding tert-OH is 1. The van der Waals surface area contributed by atoms with Crippen LogP contribution in [0.4, 0.5) is 0 Å². The summed E-state index contributed by atoms with van der Waals surface area (Å²) in [7, 11) is 4.72. The summed E-state index contributed by atoms with van der Waals surface area (Å²) in [6, 6.07) is 14.0. The summed E-state index contributed by atoms with van der Waals surface area (Å²) < 4.78 is 6.56. The summed E-state index contributed by atoms with van der Waals surface area (Å²) in [5.74, 6) is -1.94. The number of nitrogens with zero attached hydrogens (tertiary/aromatic N) is 3. The molecule has 0 spiro atoms. The van der Waals surface area contributed by atoms with Gasteiger partial charge in [-0.15, -0.1) is 0 Å². The minimum Gasteiger partial charge on any atom is -0.497 e. The number of carbonyl (C=O) groups is 3. The van der Waals surface area contributed by atoms with E-state index in [-0.39, 0.29) is 30.3 Å². The van der Waals surface area contributed by atoms with E-state index in [0.29, 0.717) is 16.3 Å². The Morgan fingerprint density at radius 3 is 2.39 bits per heavy atom. The van der Waals surface area contributed by atoms with Crippen LogP contribution in [0.1, 0.15) is 32.1 Å². The van der Waals surface area contributed by atoms with Crippen molar-refractivity contribution in [1.82, 2.24) is 20.0 Å². The number of hydrogen-bond acceptors (Lipinski definition) is 6. The molecule has 0 fully saturated rings. The van der Waals surface area contributed by atoms with E-state index < -0.39 is 24.0 Å². The lowest BCUT2D eigenvalue weighted by Crippen LogP contribution is -2.48. The molecule has 0 radical (unpaired) electrons. The van der Waals surface area contributed by atoms with E-state index in [1.165, 1.54) is 15.6 Å². The molecule has 0 saturated carbocycles. The van der Waals surface area contributed by atoms with Gasteiger partial charge in [0.2, 0.25) is 0 Å². The normalized spacial score (nSPS) is 12.5. The highest BCUT2D eigenvalue weighted by Gasteiger charge is 2.30. The molecule has 2 aromatic carbocycles. The Kier molecular flexibility index (Phi) is 8.68. The largest absolute Gasteiger partial charge is 0.497 e. The van der Waals surface area contributed by atoms with Crippen LogP contribution in [-0.4, -0.2) is 76.0 Å². The molecule has 1 heterocycles. The van der Waals surface area contributed by atoms with Crippen LogP contribution in [0.3, 0.4) is 0 Å². The van der Waals surface area contributed by atoms with Crippen LogP contribution in [0.5, 0.6) is 5.75 Å². The highest BCUT2D eigenvalue weighted by molar-refractivity contribution is 6.31. The quantitative estimate of drug-likeness (QED) is 0.377. The first kappa shape index (κ1) is 26.7.